The predicted octanol–water partition coefficient (Wildman–Crippen LogP) is -0.629. The van der Waals surface area contributed by atoms with E-state index in [2.05, 4.69) is 15.6 Å². The third-order valence-corrected chi connectivity index (χ3v) is 1.32. The maximum atomic E-state index is 8.27. The van der Waals surface area contributed by atoms with Crippen molar-refractivity contribution in [2.75, 3.05) is 20.1 Å². The minimum atomic E-state index is 0.509. The lowest BCUT2D eigenvalue weighted by atomic mass is 10.3. The molecule has 0 atom stereocenters. The molecule has 0 aliphatic heterocycles. The van der Waals surface area contributed by atoms with Crippen LogP contribution in [-0.2, 0) is 0 Å². The number of nitrogens with one attached hydrogen (secondary N) is 2. The monoisotopic (exact) mass is 169 g/mol. The van der Waals surface area contributed by atoms with E-state index in [-0.39, 0.29) is 0 Å². The van der Waals surface area contributed by atoms with Crippen LogP contribution < -0.4 is 16.4 Å². The molecule has 0 aromatic carbocycles. The second-order valence-corrected chi connectivity index (χ2v) is 2.23. The summed E-state index contributed by atoms with van der Waals surface area (Å²) >= 11 is 0. The summed E-state index contributed by atoms with van der Waals surface area (Å²) < 4.78 is 0. The van der Waals surface area contributed by atoms with Crippen molar-refractivity contribution in [3.05, 3.63) is 0 Å². The largest absolute Gasteiger partial charge is 0.356 e. The molecule has 0 fully saturated rings. The Balaban J connectivity index is 3.41. The number of rotatable bonds is 4. The Hall–Kier alpha value is -1.28. The van der Waals surface area contributed by atoms with E-state index in [4.69, 9.17) is 11.0 Å². The van der Waals surface area contributed by atoms with Crippen LogP contribution in [0.15, 0.2) is 4.99 Å². The molecule has 5 nitrogen and oxygen atoms in total. The van der Waals surface area contributed by atoms with E-state index >= 15 is 0 Å². The number of nitrogens with two attached hydrogens (primary N) is 1. The van der Waals surface area contributed by atoms with Gasteiger partial charge in [-0.05, 0) is 19.4 Å². The highest BCUT2D eigenvalue weighted by atomic mass is 15.2. The fourth-order valence-corrected chi connectivity index (χ4v) is 0.708. The van der Waals surface area contributed by atoms with E-state index in [1.165, 1.54) is 0 Å². The van der Waals surface area contributed by atoms with E-state index in [9.17, 15) is 0 Å². The van der Waals surface area contributed by atoms with Crippen LogP contribution in [0.4, 0.5) is 0 Å². The Labute approximate surface area is 72.7 Å². The van der Waals surface area contributed by atoms with Gasteiger partial charge in [-0.3, -0.25) is 10.3 Å². The van der Waals surface area contributed by atoms with E-state index in [0.29, 0.717) is 12.5 Å². The van der Waals surface area contributed by atoms with Crippen LogP contribution in [0.1, 0.15) is 12.8 Å². The van der Waals surface area contributed by atoms with E-state index in [0.717, 1.165) is 19.4 Å². The molecule has 0 aromatic rings. The minimum Gasteiger partial charge on any atom is -0.356 e. The van der Waals surface area contributed by atoms with Gasteiger partial charge in [-0.1, -0.05) is 0 Å². The molecule has 4 N–H and O–H groups in total. The van der Waals surface area contributed by atoms with Crippen molar-refractivity contribution >= 4 is 5.96 Å². The lowest BCUT2D eigenvalue weighted by Gasteiger charge is -2.05. The van der Waals surface area contributed by atoms with Crippen LogP contribution in [-0.4, -0.2) is 26.1 Å². The van der Waals surface area contributed by atoms with Gasteiger partial charge in [0.15, 0.2) is 6.19 Å². The molecule has 0 aliphatic rings. The average molecular weight is 169 g/mol. The summed E-state index contributed by atoms with van der Waals surface area (Å²) in [5.41, 5.74) is 5.31. The number of nitrogens with zero attached hydrogens (tertiary/aromatic N) is 2. The molecule has 0 saturated carbocycles. The quantitative estimate of drug-likeness (QED) is 0.172. The van der Waals surface area contributed by atoms with E-state index < -0.39 is 0 Å². The number of hydrogen-bond donors (Lipinski definition) is 3. The molecule has 5 heteroatoms. The summed E-state index contributed by atoms with van der Waals surface area (Å²) in [6.45, 7) is 1.49. The molecule has 12 heavy (non-hydrogen) atoms. The van der Waals surface area contributed by atoms with Gasteiger partial charge in [0.1, 0.15) is 0 Å². The lowest BCUT2D eigenvalue weighted by molar-refractivity contribution is 0.711. The van der Waals surface area contributed by atoms with Crippen molar-refractivity contribution in [2.24, 2.45) is 10.7 Å². The molecular weight excluding hydrogens is 154 g/mol. The first-order chi connectivity index (χ1) is 5.85. The highest BCUT2D eigenvalue weighted by Crippen LogP contribution is 1.81. The van der Waals surface area contributed by atoms with E-state index in [1.54, 1.807) is 13.2 Å². The zero-order chi connectivity index (χ0) is 9.23. The highest BCUT2D eigenvalue weighted by molar-refractivity contribution is 5.80. The maximum absolute atomic E-state index is 8.27. The van der Waals surface area contributed by atoms with Crippen LogP contribution in [0.2, 0.25) is 0 Å². The number of nitriles is 1. The van der Waals surface area contributed by atoms with Gasteiger partial charge >= 0.3 is 0 Å². The smallest absolute Gasteiger partial charge is 0.204 e. The molecule has 0 aliphatic carbocycles. The summed E-state index contributed by atoms with van der Waals surface area (Å²) in [5.74, 6) is 0.509. The summed E-state index contributed by atoms with van der Waals surface area (Å²) in [5, 5.41) is 13.7. The zero-order valence-corrected chi connectivity index (χ0v) is 7.30. The van der Waals surface area contributed by atoms with Crippen LogP contribution >= 0.6 is 0 Å². The SMILES string of the molecule is CN=C(NC#N)NCCCCN. The van der Waals surface area contributed by atoms with Crippen molar-refractivity contribution < 1.29 is 0 Å². The first-order valence-corrected chi connectivity index (χ1v) is 3.91. The van der Waals surface area contributed by atoms with Gasteiger partial charge < -0.3 is 11.1 Å². The Kier molecular flexibility index (Phi) is 6.99. The number of aliphatic imine (C=N–C) groups is 1. The van der Waals surface area contributed by atoms with Crippen LogP contribution in [0.3, 0.4) is 0 Å². The summed E-state index contributed by atoms with van der Waals surface area (Å²) in [6, 6.07) is 0. The highest BCUT2D eigenvalue weighted by Gasteiger charge is 1.92. The van der Waals surface area contributed by atoms with Gasteiger partial charge in [0.25, 0.3) is 0 Å². The molecule has 68 valence electrons. The predicted molar refractivity (Wildman–Crippen MR) is 48.4 cm³/mol. The van der Waals surface area contributed by atoms with Gasteiger partial charge in [-0.25, -0.2) is 0 Å². The average Bonchev–Trinajstić information content (AvgIpc) is 2.10. The Morgan fingerprint density at radius 2 is 2.33 bits per heavy atom. The van der Waals surface area contributed by atoms with Gasteiger partial charge in [-0.2, -0.15) is 5.26 Å². The minimum absolute atomic E-state index is 0.509. The molecule has 0 radical (unpaired) electrons. The molecule has 0 spiro atoms. The first-order valence-electron chi connectivity index (χ1n) is 3.91. The second-order valence-electron chi connectivity index (χ2n) is 2.23. The summed E-state index contributed by atoms with van der Waals surface area (Å²) in [6.07, 6.45) is 3.76. The van der Waals surface area contributed by atoms with Crippen LogP contribution in [0.25, 0.3) is 0 Å². The van der Waals surface area contributed by atoms with Gasteiger partial charge in [0.05, 0.1) is 0 Å². The van der Waals surface area contributed by atoms with Gasteiger partial charge in [0, 0.05) is 13.6 Å². The number of hydrogen-bond acceptors (Lipinski definition) is 3. The summed E-state index contributed by atoms with van der Waals surface area (Å²) in [7, 11) is 1.62. The van der Waals surface area contributed by atoms with Gasteiger partial charge in [0.2, 0.25) is 5.96 Å². The zero-order valence-electron chi connectivity index (χ0n) is 7.30. The summed E-state index contributed by atoms with van der Waals surface area (Å²) in [4.78, 5) is 3.82. The standard InChI is InChI=1S/C7H15N5/c1-10-7(12-6-9)11-5-3-2-4-8/h2-5,8H2,1H3,(H2,10,11,12). The number of unbranched alkanes of at least 4 members (excludes halogenated alkanes) is 1. The maximum Gasteiger partial charge on any atom is 0.204 e. The lowest BCUT2D eigenvalue weighted by Crippen LogP contribution is -2.34. The van der Waals surface area contributed by atoms with Crippen LogP contribution in [0, 0.1) is 11.5 Å². The molecule has 0 amide bonds. The molecular formula is C7H15N5. The molecule has 0 heterocycles. The molecule has 0 unspecified atom stereocenters. The Morgan fingerprint density at radius 3 is 2.83 bits per heavy atom. The fraction of sp³-hybridized carbons (Fsp3) is 0.714. The fourth-order valence-electron chi connectivity index (χ4n) is 0.708. The van der Waals surface area contributed by atoms with Crippen LogP contribution in [0.5, 0.6) is 0 Å². The van der Waals surface area contributed by atoms with Crippen molar-refractivity contribution in [3.8, 4) is 6.19 Å². The van der Waals surface area contributed by atoms with Crippen molar-refractivity contribution in [1.82, 2.24) is 10.6 Å². The van der Waals surface area contributed by atoms with Crippen molar-refractivity contribution in [1.29, 1.82) is 5.26 Å². The van der Waals surface area contributed by atoms with Gasteiger partial charge in [-0.15, -0.1) is 0 Å². The Morgan fingerprint density at radius 1 is 1.58 bits per heavy atom. The second kappa shape index (κ2) is 7.82. The third-order valence-electron chi connectivity index (χ3n) is 1.32. The van der Waals surface area contributed by atoms with E-state index in [1.807, 2.05) is 0 Å². The molecule has 0 aromatic heterocycles. The van der Waals surface area contributed by atoms with Crippen molar-refractivity contribution in [3.63, 3.8) is 0 Å². The number of guanidine groups is 1. The normalized spacial score (nSPS) is 10.6. The Bertz CT molecular complexity index is 169. The van der Waals surface area contributed by atoms with Crippen molar-refractivity contribution in [2.45, 2.75) is 12.8 Å². The third kappa shape index (κ3) is 5.50. The molecule has 0 saturated heterocycles. The first kappa shape index (κ1) is 10.7. The topological polar surface area (TPSA) is 86.2 Å². The molecule has 0 bridgehead atoms. The molecule has 0 rings (SSSR count).